The Balaban J connectivity index is 6.71. The molecule has 0 amide bonds. The van der Waals surface area contributed by atoms with E-state index in [4.69, 9.17) is 42.0 Å². The van der Waals surface area contributed by atoms with Crippen molar-refractivity contribution in [3.05, 3.63) is 0 Å². The Hall–Kier alpha value is 5.83. The fourth-order valence-corrected chi connectivity index (χ4v) is 8.27. The average Bonchev–Trinajstić information content (AvgIpc) is 3.24. The number of rotatable bonds is 42. The molecule has 0 rings (SSSR count). The topological polar surface area (TPSA) is 83.1 Å². The molecule has 350 valence electrons. The third-order valence-electron chi connectivity index (χ3n) is 8.92. The minimum atomic E-state index is -1.89. The van der Waals surface area contributed by atoms with E-state index in [0.717, 1.165) is 51.2 Å². The molecule has 1 unspecified atom stereocenters. The molecule has 0 radical (unpaired) electrons. The Kier molecular flexibility index (Phi) is 43.6. The SMILES string of the molecule is CCC(COC[C@H](Br)CBr)(COC[C@@H](Br)CBr)COP(OCC(CC)(COC[C@@H](Br)CBr)COC[C@@H](Br)CBr)OCC(CC)(COC[C@@H](Br)CBr)COC[C@@H](Br)CBr. The first-order chi connectivity index (χ1) is 27.7. The molecule has 0 heterocycles. The summed E-state index contributed by atoms with van der Waals surface area (Å²) in [4.78, 5) is 1.08. The summed E-state index contributed by atoms with van der Waals surface area (Å²) in [6.45, 7) is 13.2. The minimum Gasteiger partial charge on any atom is -0.379 e. The van der Waals surface area contributed by atoms with Gasteiger partial charge in [-0.1, -0.05) is 212 Å². The lowest BCUT2D eigenvalue weighted by atomic mass is 9.88. The van der Waals surface area contributed by atoms with Crippen molar-refractivity contribution in [1.82, 2.24) is 0 Å². The van der Waals surface area contributed by atoms with Crippen LogP contribution in [0.2, 0.25) is 0 Å². The lowest BCUT2D eigenvalue weighted by molar-refractivity contribution is -0.0706. The fourth-order valence-electron chi connectivity index (χ4n) is 4.66. The molecule has 58 heavy (non-hydrogen) atoms. The van der Waals surface area contributed by atoms with Gasteiger partial charge in [-0.25, -0.2) is 0 Å². The summed E-state index contributed by atoms with van der Waals surface area (Å²) < 4.78 is 58.1. The molecule has 0 saturated carbocycles. The summed E-state index contributed by atoms with van der Waals surface area (Å²) in [6.07, 6.45) is 2.26. The van der Waals surface area contributed by atoms with Crippen molar-refractivity contribution in [2.45, 2.75) is 69.0 Å². The summed E-state index contributed by atoms with van der Waals surface area (Å²) in [6, 6.07) is 0. The molecule has 0 aromatic carbocycles. The van der Waals surface area contributed by atoms with E-state index >= 15 is 0 Å². The Labute approximate surface area is 452 Å². The lowest BCUT2D eigenvalue weighted by Gasteiger charge is -2.37. The van der Waals surface area contributed by atoms with Gasteiger partial charge in [0.25, 0.3) is 0 Å². The van der Waals surface area contributed by atoms with Gasteiger partial charge in [0.1, 0.15) is 0 Å². The molecular formula is C36H63Br12O9P. The van der Waals surface area contributed by atoms with Crippen LogP contribution in [0, 0.1) is 16.2 Å². The second-order valence-electron chi connectivity index (χ2n) is 14.2. The highest BCUT2D eigenvalue weighted by molar-refractivity contribution is 9.13. The van der Waals surface area contributed by atoms with Gasteiger partial charge in [0.15, 0.2) is 0 Å². The van der Waals surface area contributed by atoms with Crippen molar-refractivity contribution >= 4 is 200 Å². The van der Waals surface area contributed by atoms with Crippen LogP contribution in [0.1, 0.15) is 40.0 Å². The van der Waals surface area contributed by atoms with Gasteiger partial charge in [0, 0.05) is 77.2 Å². The third-order valence-corrected chi connectivity index (χ3v) is 23.4. The first kappa shape index (κ1) is 63.8. The molecule has 0 aliphatic rings. The Morgan fingerprint density at radius 1 is 0.328 bits per heavy atom. The third kappa shape index (κ3) is 30.3. The van der Waals surface area contributed by atoms with E-state index < -0.39 is 24.8 Å². The monoisotopic (exact) mass is 1620 g/mol. The molecule has 0 spiro atoms. The number of halogens is 12. The molecule has 22 heteroatoms. The van der Waals surface area contributed by atoms with Crippen LogP contribution < -0.4 is 0 Å². The van der Waals surface area contributed by atoms with Gasteiger partial charge in [-0.15, -0.1) is 0 Å². The highest BCUT2D eigenvalue weighted by atomic mass is 79.9. The summed E-state index contributed by atoms with van der Waals surface area (Å²) in [5.41, 5.74) is -1.39. The molecular weight excluding hydrogens is 1570 g/mol. The van der Waals surface area contributed by atoms with Crippen LogP contribution in [0.4, 0.5) is 0 Å². The zero-order valence-electron chi connectivity index (χ0n) is 33.6. The van der Waals surface area contributed by atoms with Crippen molar-refractivity contribution in [1.29, 1.82) is 0 Å². The van der Waals surface area contributed by atoms with Crippen LogP contribution in [0.3, 0.4) is 0 Å². The molecule has 0 aromatic rings. The van der Waals surface area contributed by atoms with Crippen molar-refractivity contribution in [3.8, 4) is 0 Å². The summed E-state index contributed by atoms with van der Waals surface area (Å²) in [5, 5.41) is 4.66. The van der Waals surface area contributed by atoms with Crippen LogP contribution in [-0.4, -0.2) is 160 Å². The molecule has 0 fully saturated rings. The zero-order valence-corrected chi connectivity index (χ0v) is 53.5. The molecule has 0 aliphatic carbocycles. The quantitative estimate of drug-likeness (QED) is 0.0438. The van der Waals surface area contributed by atoms with Crippen molar-refractivity contribution in [3.63, 3.8) is 0 Å². The average molecular weight is 1630 g/mol. The van der Waals surface area contributed by atoms with Crippen molar-refractivity contribution in [2.24, 2.45) is 16.2 Å². The molecule has 9 nitrogen and oxygen atoms in total. The Morgan fingerprint density at radius 2 is 0.500 bits per heavy atom. The van der Waals surface area contributed by atoms with E-state index in [0.29, 0.717) is 99.1 Å². The smallest absolute Gasteiger partial charge is 0.332 e. The predicted octanol–water partition coefficient (Wildman–Crippen LogP) is 13.5. The number of ether oxygens (including phenoxy) is 6. The normalized spacial score (nSPS) is 17.0. The Bertz CT molecular complexity index is 802. The highest BCUT2D eigenvalue weighted by Crippen LogP contribution is 2.46. The van der Waals surface area contributed by atoms with E-state index in [9.17, 15) is 0 Å². The number of alkyl halides is 12. The summed E-state index contributed by atoms with van der Waals surface area (Å²) >= 11 is 43.3. The van der Waals surface area contributed by atoms with Crippen LogP contribution in [0.5, 0.6) is 0 Å². The Morgan fingerprint density at radius 3 is 0.638 bits per heavy atom. The first-order valence-corrected chi connectivity index (χ1v) is 32.4. The molecule has 0 saturated heterocycles. The molecule has 0 bridgehead atoms. The molecule has 0 N–H and O–H groups in total. The van der Waals surface area contributed by atoms with Gasteiger partial charge >= 0.3 is 8.60 Å². The van der Waals surface area contributed by atoms with Crippen LogP contribution >= 0.6 is 200 Å². The number of hydrogen-bond donors (Lipinski definition) is 0. The van der Waals surface area contributed by atoms with Gasteiger partial charge in [-0.05, 0) is 19.3 Å². The lowest BCUT2D eigenvalue weighted by Crippen LogP contribution is -2.40. The molecule has 0 aromatic heterocycles. The van der Waals surface area contributed by atoms with Gasteiger partial charge < -0.3 is 42.0 Å². The summed E-state index contributed by atoms with van der Waals surface area (Å²) in [7, 11) is -1.89. The maximum Gasteiger partial charge on any atom is 0.332 e. The second-order valence-corrected chi connectivity index (χ2v) is 27.1. The van der Waals surface area contributed by atoms with E-state index in [1.165, 1.54) is 0 Å². The summed E-state index contributed by atoms with van der Waals surface area (Å²) in [5.74, 6) is 0. The minimum absolute atomic E-state index is 0.179. The van der Waals surface area contributed by atoms with Crippen LogP contribution in [0.15, 0.2) is 0 Å². The zero-order chi connectivity index (χ0) is 43.9. The van der Waals surface area contributed by atoms with Gasteiger partial charge in [-0.3, -0.25) is 0 Å². The predicted molar refractivity (Wildman–Crippen MR) is 287 cm³/mol. The van der Waals surface area contributed by atoms with Crippen LogP contribution in [0.25, 0.3) is 0 Å². The second kappa shape index (κ2) is 39.7. The van der Waals surface area contributed by atoms with E-state index in [1.807, 2.05) is 0 Å². The van der Waals surface area contributed by atoms with Gasteiger partial charge in [0.05, 0.1) is 99.1 Å². The van der Waals surface area contributed by atoms with E-state index in [1.54, 1.807) is 0 Å². The van der Waals surface area contributed by atoms with E-state index in [2.05, 4.69) is 212 Å². The van der Waals surface area contributed by atoms with Crippen molar-refractivity contribution < 1.29 is 42.0 Å². The van der Waals surface area contributed by atoms with Crippen LogP contribution in [-0.2, 0) is 42.0 Å². The maximum absolute atomic E-state index is 6.79. The molecule has 0 aliphatic heterocycles. The van der Waals surface area contributed by atoms with Gasteiger partial charge in [-0.2, -0.15) is 0 Å². The number of hydrogen-bond acceptors (Lipinski definition) is 9. The largest absolute Gasteiger partial charge is 0.379 e. The van der Waals surface area contributed by atoms with Crippen molar-refractivity contribution in [2.75, 3.05) is 131 Å². The fraction of sp³-hybridized carbons (Fsp3) is 1.00. The maximum atomic E-state index is 6.79. The van der Waals surface area contributed by atoms with Gasteiger partial charge in [0.2, 0.25) is 0 Å². The molecule has 7 atom stereocenters. The standard InChI is InChI=1S/C36H63Br12O9P/c1-4-34(19-49-13-28(43)7-37,20-50-14-29(44)8-38)25-55-58(56-26-35(5-2,21-51-15-30(45)9-39)22-52-16-31(46)10-40)57-27-36(6-3,23-53-17-32(47)11-41)24-54-18-33(48)12-42/h28-33H,4-27H2,1-3H3/t28-,29-,30-,31-,32-,33+,36?/m0/s1. The first-order valence-electron chi connectivity index (χ1n) is 19.1. The van der Waals surface area contributed by atoms with E-state index in [-0.39, 0.29) is 29.0 Å². The highest BCUT2D eigenvalue weighted by Gasteiger charge is 2.38.